The van der Waals surface area contributed by atoms with Crippen molar-refractivity contribution in [1.29, 1.82) is 0 Å². The number of nitrogens with one attached hydrogen (secondary N) is 4. The molecule has 0 saturated carbocycles. The molecule has 1 atom stereocenters. The van der Waals surface area contributed by atoms with Crippen molar-refractivity contribution in [2.75, 3.05) is 23.7 Å². The molecule has 3 aromatic rings. The number of benzene rings is 2. The van der Waals surface area contributed by atoms with Crippen molar-refractivity contribution in [2.45, 2.75) is 18.9 Å². The number of aromatic nitrogens is 2. The van der Waals surface area contributed by atoms with E-state index in [2.05, 4.69) is 32.7 Å². The number of anilines is 2. The van der Waals surface area contributed by atoms with Gasteiger partial charge in [0.25, 0.3) is 17.7 Å². The molecule has 4 rings (SSSR count). The standard InChI is InChI=1S/C26H24Cl2N6O4/c1-2-21(35)30-16-7-3-6-15(12-16)26(38)34-11-5-8-17(14-34)31-25(37)23-20(13-29-33-23)32-24(36)22-18(27)9-4-10-19(22)28/h2-4,6-7,9-10,12-13,17H,1,5,8,11,14H2,(H,29,33)(H,30,35)(H,31,37)(H,32,36)/t17-/m1/s1. The molecule has 38 heavy (non-hydrogen) atoms. The number of halogens is 2. The van der Waals surface area contributed by atoms with Gasteiger partial charge >= 0.3 is 0 Å². The second kappa shape index (κ2) is 11.9. The summed E-state index contributed by atoms with van der Waals surface area (Å²) in [5.74, 6) is -1.67. The summed E-state index contributed by atoms with van der Waals surface area (Å²) in [6.07, 6.45) is 3.80. The number of nitrogens with zero attached hydrogens (tertiary/aromatic N) is 2. The fourth-order valence-corrected chi connectivity index (χ4v) is 4.67. The van der Waals surface area contributed by atoms with Gasteiger partial charge in [0.1, 0.15) is 5.69 Å². The van der Waals surface area contributed by atoms with Gasteiger partial charge in [-0.1, -0.05) is 41.9 Å². The highest BCUT2D eigenvalue weighted by Crippen LogP contribution is 2.26. The molecule has 4 N–H and O–H groups in total. The third-order valence-corrected chi connectivity index (χ3v) is 6.54. The summed E-state index contributed by atoms with van der Waals surface area (Å²) in [7, 11) is 0. The highest BCUT2D eigenvalue weighted by molar-refractivity contribution is 6.40. The zero-order valence-electron chi connectivity index (χ0n) is 20.1. The quantitative estimate of drug-likeness (QED) is 0.325. The highest BCUT2D eigenvalue weighted by atomic mass is 35.5. The fourth-order valence-electron chi connectivity index (χ4n) is 4.10. The molecule has 2 aromatic carbocycles. The average Bonchev–Trinajstić information content (AvgIpc) is 3.36. The molecule has 1 fully saturated rings. The van der Waals surface area contributed by atoms with Crippen LogP contribution in [0.2, 0.25) is 10.0 Å². The lowest BCUT2D eigenvalue weighted by Crippen LogP contribution is -2.49. The topological polar surface area (TPSA) is 136 Å². The Balaban J connectivity index is 1.40. The van der Waals surface area contributed by atoms with Gasteiger partial charge in [0.15, 0.2) is 0 Å². The number of H-pyrrole nitrogens is 1. The van der Waals surface area contributed by atoms with E-state index >= 15 is 0 Å². The Kier molecular flexibility index (Phi) is 8.45. The molecule has 0 aliphatic carbocycles. The number of amides is 4. The second-order valence-electron chi connectivity index (χ2n) is 8.55. The van der Waals surface area contributed by atoms with Crippen LogP contribution in [0.5, 0.6) is 0 Å². The Labute approximate surface area is 228 Å². The summed E-state index contributed by atoms with van der Waals surface area (Å²) in [5, 5.41) is 15.0. The lowest BCUT2D eigenvalue weighted by Gasteiger charge is -2.33. The Hall–Kier alpha value is -4.15. The van der Waals surface area contributed by atoms with Crippen LogP contribution >= 0.6 is 23.2 Å². The molecule has 196 valence electrons. The first-order chi connectivity index (χ1) is 18.3. The van der Waals surface area contributed by atoms with Gasteiger partial charge in [-0.3, -0.25) is 24.3 Å². The molecule has 0 radical (unpaired) electrons. The van der Waals surface area contributed by atoms with E-state index in [1.165, 1.54) is 18.3 Å². The van der Waals surface area contributed by atoms with Gasteiger partial charge in [-0.15, -0.1) is 0 Å². The van der Waals surface area contributed by atoms with Crippen molar-refractivity contribution in [3.05, 3.63) is 88.2 Å². The van der Waals surface area contributed by atoms with Crippen LogP contribution < -0.4 is 16.0 Å². The van der Waals surface area contributed by atoms with Crippen LogP contribution in [0.4, 0.5) is 11.4 Å². The second-order valence-corrected chi connectivity index (χ2v) is 9.36. The zero-order chi connectivity index (χ0) is 27.2. The predicted molar refractivity (Wildman–Crippen MR) is 145 cm³/mol. The van der Waals surface area contributed by atoms with Crippen molar-refractivity contribution in [3.8, 4) is 0 Å². The van der Waals surface area contributed by atoms with Crippen molar-refractivity contribution in [2.24, 2.45) is 0 Å². The van der Waals surface area contributed by atoms with Crippen LogP contribution in [0.1, 0.15) is 44.0 Å². The van der Waals surface area contributed by atoms with E-state index in [1.807, 2.05) is 0 Å². The normalized spacial score (nSPS) is 14.9. The van der Waals surface area contributed by atoms with Crippen LogP contribution in [0, 0.1) is 0 Å². The number of piperidine rings is 1. The van der Waals surface area contributed by atoms with Gasteiger partial charge < -0.3 is 20.9 Å². The van der Waals surface area contributed by atoms with Crippen LogP contribution in [-0.2, 0) is 4.79 Å². The Morgan fingerprint density at radius 1 is 1.05 bits per heavy atom. The summed E-state index contributed by atoms with van der Waals surface area (Å²) in [5.41, 5.74) is 1.18. The lowest BCUT2D eigenvalue weighted by molar-refractivity contribution is -0.111. The Morgan fingerprint density at radius 2 is 1.79 bits per heavy atom. The third-order valence-electron chi connectivity index (χ3n) is 5.91. The lowest BCUT2D eigenvalue weighted by atomic mass is 10.0. The summed E-state index contributed by atoms with van der Waals surface area (Å²) in [6.45, 7) is 4.24. The molecule has 2 heterocycles. The number of hydrogen-bond acceptors (Lipinski definition) is 5. The molecule has 0 bridgehead atoms. The maximum absolute atomic E-state index is 13.1. The van der Waals surface area contributed by atoms with E-state index in [-0.39, 0.29) is 44.8 Å². The summed E-state index contributed by atoms with van der Waals surface area (Å²) in [6, 6.07) is 11.0. The number of carbonyl (C=O) groups is 4. The van der Waals surface area contributed by atoms with Gasteiger partial charge in [0.2, 0.25) is 5.91 Å². The molecule has 0 spiro atoms. The number of carbonyl (C=O) groups excluding carboxylic acids is 4. The predicted octanol–water partition coefficient (Wildman–Crippen LogP) is 4.13. The van der Waals surface area contributed by atoms with Crippen LogP contribution in [0.25, 0.3) is 0 Å². The van der Waals surface area contributed by atoms with E-state index in [4.69, 9.17) is 23.2 Å². The van der Waals surface area contributed by atoms with Gasteiger partial charge in [0, 0.05) is 30.4 Å². The monoisotopic (exact) mass is 554 g/mol. The largest absolute Gasteiger partial charge is 0.346 e. The average molecular weight is 555 g/mol. The van der Waals surface area contributed by atoms with Crippen molar-refractivity contribution in [3.63, 3.8) is 0 Å². The van der Waals surface area contributed by atoms with Gasteiger partial charge in [-0.05, 0) is 49.2 Å². The van der Waals surface area contributed by atoms with Crippen molar-refractivity contribution >= 4 is 58.2 Å². The first kappa shape index (κ1) is 26.9. The minimum absolute atomic E-state index is 0.0515. The summed E-state index contributed by atoms with van der Waals surface area (Å²) >= 11 is 12.2. The van der Waals surface area contributed by atoms with E-state index in [1.54, 1.807) is 35.2 Å². The molecule has 1 saturated heterocycles. The molecule has 1 aliphatic rings. The van der Waals surface area contributed by atoms with Crippen LogP contribution in [0.15, 0.2) is 61.3 Å². The van der Waals surface area contributed by atoms with E-state index in [0.717, 1.165) is 6.08 Å². The van der Waals surface area contributed by atoms with Crippen molar-refractivity contribution in [1.82, 2.24) is 20.4 Å². The van der Waals surface area contributed by atoms with Gasteiger partial charge in [-0.2, -0.15) is 5.10 Å². The molecule has 4 amide bonds. The Bertz CT molecular complexity index is 1390. The first-order valence-electron chi connectivity index (χ1n) is 11.7. The minimum Gasteiger partial charge on any atom is -0.346 e. The zero-order valence-corrected chi connectivity index (χ0v) is 21.6. The summed E-state index contributed by atoms with van der Waals surface area (Å²) < 4.78 is 0. The molecule has 1 aromatic heterocycles. The van der Waals surface area contributed by atoms with Crippen molar-refractivity contribution < 1.29 is 19.2 Å². The molecule has 10 nitrogen and oxygen atoms in total. The third kappa shape index (κ3) is 6.21. The minimum atomic E-state index is -0.586. The van der Waals surface area contributed by atoms with Crippen LogP contribution in [0.3, 0.4) is 0 Å². The van der Waals surface area contributed by atoms with Gasteiger partial charge in [0.05, 0.1) is 27.5 Å². The summed E-state index contributed by atoms with van der Waals surface area (Å²) in [4.78, 5) is 52.1. The van der Waals surface area contributed by atoms with E-state index in [9.17, 15) is 19.2 Å². The number of likely N-dealkylation sites (tertiary alicyclic amines) is 1. The van der Waals surface area contributed by atoms with Gasteiger partial charge in [-0.25, -0.2) is 0 Å². The highest BCUT2D eigenvalue weighted by Gasteiger charge is 2.27. The number of aromatic amines is 1. The SMILES string of the molecule is C=CC(=O)Nc1cccc(C(=O)N2CCC[C@@H](NC(=O)c3[nH]ncc3NC(=O)c3c(Cl)cccc3Cl)C2)c1. The number of rotatable bonds is 7. The fraction of sp³-hybridized carbons (Fsp3) is 0.192. The molecule has 0 unspecified atom stereocenters. The van der Waals surface area contributed by atoms with E-state index < -0.39 is 11.8 Å². The molecular weight excluding hydrogens is 531 g/mol. The van der Waals surface area contributed by atoms with E-state index in [0.29, 0.717) is 37.2 Å². The van der Waals surface area contributed by atoms with Crippen LogP contribution in [-0.4, -0.2) is 57.9 Å². The molecule has 12 heteroatoms. The molecular formula is C26H24Cl2N6O4. The smallest absolute Gasteiger partial charge is 0.271 e. The molecule has 1 aliphatic heterocycles. The first-order valence-corrected chi connectivity index (χ1v) is 12.4. The maximum Gasteiger partial charge on any atom is 0.271 e. The Morgan fingerprint density at radius 3 is 2.53 bits per heavy atom. The number of hydrogen-bond donors (Lipinski definition) is 4. The maximum atomic E-state index is 13.1.